The van der Waals surface area contributed by atoms with Crippen molar-refractivity contribution in [3.63, 3.8) is 0 Å². The average molecular weight is 462 g/mol. The number of hydrogen-bond donors (Lipinski definition) is 6. The Morgan fingerprint density at radius 2 is 1.25 bits per heavy atom. The highest BCUT2D eigenvalue weighted by Crippen LogP contribution is 2.34. The zero-order valence-electron chi connectivity index (χ0n) is 17.2. The first-order valence-corrected chi connectivity index (χ1v) is 9.85. The normalized spacial score (nSPS) is 18.5. The Kier molecular flexibility index (Phi) is 8.38. The third kappa shape index (κ3) is 5.45. The molecule has 0 spiro atoms. The Bertz CT molecular complexity index is 929. The fourth-order valence-electron chi connectivity index (χ4n) is 3.66. The second-order valence-electron chi connectivity index (χ2n) is 7.90. The molecule has 32 heavy (non-hydrogen) atoms. The number of hydrogen-bond acceptors (Lipinski definition) is 6. The molecule has 2 rings (SSSR count). The molecule has 6 N–H and O–H groups in total. The summed E-state index contributed by atoms with van der Waals surface area (Å²) < 4.78 is 53.8. The standard InChI is InChI=1S/C22H26F4O6/c1-2-21(31,9-12-3-5-14(23)16(25)7-12)20(30)22(32,19(29)18(28)11-27)10-13-4-6-15(24)17(26)8-13/h3-8,18-20,27-32H,2,9-11H2,1H3/t18-,19+,20+,21?,22+/m0/s1. The molecule has 0 aromatic heterocycles. The molecule has 178 valence electrons. The monoisotopic (exact) mass is 462 g/mol. The molecule has 0 aliphatic heterocycles. The molecule has 6 nitrogen and oxygen atoms in total. The summed E-state index contributed by atoms with van der Waals surface area (Å²) in [7, 11) is 0. The van der Waals surface area contributed by atoms with Crippen LogP contribution in [-0.4, -0.2) is 66.8 Å². The molecule has 0 heterocycles. The van der Waals surface area contributed by atoms with E-state index >= 15 is 0 Å². The van der Waals surface area contributed by atoms with Crippen LogP contribution in [0.3, 0.4) is 0 Å². The van der Waals surface area contributed by atoms with Crippen molar-refractivity contribution >= 4 is 0 Å². The van der Waals surface area contributed by atoms with Gasteiger partial charge in [-0.2, -0.15) is 0 Å². The van der Waals surface area contributed by atoms with Crippen molar-refractivity contribution in [1.82, 2.24) is 0 Å². The van der Waals surface area contributed by atoms with Crippen molar-refractivity contribution in [2.24, 2.45) is 0 Å². The smallest absolute Gasteiger partial charge is 0.159 e. The van der Waals surface area contributed by atoms with E-state index in [0.717, 1.165) is 30.3 Å². The number of aliphatic hydroxyl groups is 6. The molecule has 5 atom stereocenters. The lowest BCUT2D eigenvalue weighted by Crippen LogP contribution is -2.66. The molecule has 0 bridgehead atoms. The van der Waals surface area contributed by atoms with E-state index in [1.807, 2.05) is 0 Å². The first-order chi connectivity index (χ1) is 14.9. The number of rotatable bonds is 10. The number of halogens is 4. The van der Waals surface area contributed by atoms with Crippen LogP contribution in [0.2, 0.25) is 0 Å². The second kappa shape index (κ2) is 10.2. The van der Waals surface area contributed by atoms with Crippen LogP contribution in [0.15, 0.2) is 36.4 Å². The van der Waals surface area contributed by atoms with Crippen LogP contribution in [0, 0.1) is 23.3 Å². The first-order valence-electron chi connectivity index (χ1n) is 9.85. The van der Waals surface area contributed by atoms with Crippen molar-refractivity contribution in [2.45, 2.75) is 55.7 Å². The van der Waals surface area contributed by atoms with Crippen molar-refractivity contribution in [2.75, 3.05) is 6.61 Å². The van der Waals surface area contributed by atoms with Gasteiger partial charge < -0.3 is 30.6 Å². The van der Waals surface area contributed by atoms with Crippen LogP contribution in [0.4, 0.5) is 17.6 Å². The van der Waals surface area contributed by atoms with Gasteiger partial charge in [-0.05, 0) is 41.8 Å². The molecule has 0 saturated heterocycles. The largest absolute Gasteiger partial charge is 0.394 e. The van der Waals surface area contributed by atoms with Gasteiger partial charge >= 0.3 is 0 Å². The molecule has 2 aromatic rings. The first kappa shape index (κ1) is 26.2. The van der Waals surface area contributed by atoms with Gasteiger partial charge in [0.25, 0.3) is 0 Å². The topological polar surface area (TPSA) is 121 Å². The summed E-state index contributed by atoms with van der Waals surface area (Å²) >= 11 is 0. The summed E-state index contributed by atoms with van der Waals surface area (Å²) in [5, 5.41) is 62.9. The Hall–Kier alpha value is -2.08. The number of benzene rings is 2. The molecule has 0 amide bonds. The maximum absolute atomic E-state index is 13.7. The SMILES string of the molecule is CCC(O)(Cc1ccc(F)c(F)c1)[C@@H](O)[C@@](O)(Cc1ccc(F)c(F)c1)[C@H](O)[C@@H](O)CO. The minimum absolute atomic E-state index is 0.0553. The molecular formula is C22H26F4O6. The van der Waals surface area contributed by atoms with Crippen LogP contribution in [0.25, 0.3) is 0 Å². The number of aliphatic hydroxyl groups excluding tert-OH is 4. The highest BCUT2D eigenvalue weighted by atomic mass is 19.2. The van der Waals surface area contributed by atoms with Crippen LogP contribution < -0.4 is 0 Å². The fraction of sp³-hybridized carbons (Fsp3) is 0.455. The van der Waals surface area contributed by atoms with Crippen LogP contribution in [0.1, 0.15) is 24.5 Å². The summed E-state index contributed by atoms with van der Waals surface area (Å²) in [6, 6.07) is 5.26. The van der Waals surface area contributed by atoms with E-state index in [-0.39, 0.29) is 17.5 Å². The zero-order valence-corrected chi connectivity index (χ0v) is 17.2. The van der Waals surface area contributed by atoms with Crippen LogP contribution >= 0.6 is 0 Å². The van der Waals surface area contributed by atoms with Crippen LogP contribution in [-0.2, 0) is 12.8 Å². The molecule has 0 saturated carbocycles. The van der Waals surface area contributed by atoms with Gasteiger partial charge in [0.15, 0.2) is 23.3 Å². The van der Waals surface area contributed by atoms with Gasteiger partial charge in [0.2, 0.25) is 0 Å². The Morgan fingerprint density at radius 1 is 0.781 bits per heavy atom. The molecule has 0 aliphatic carbocycles. The highest BCUT2D eigenvalue weighted by Gasteiger charge is 2.53. The van der Waals surface area contributed by atoms with Crippen LogP contribution in [0.5, 0.6) is 0 Å². The highest BCUT2D eigenvalue weighted by molar-refractivity contribution is 5.24. The summed E-state index contributed by atoms with van der Waals surface area (Å²) in [5.41, 5.74) is -5.05. The Morgan fingerprint density at radius 3 is 1.66 bits per heavy atom. The third-order valence-electron chi connectivity index (χ3n) is 5.62. The summed E-state index contributed by atoms with van der Waals surface area (Å²) in [6.07, 6.45) is -7.96. The van der Waals surface area contributed by atoms with Gasteiger partial charge in [0, 0.05) is 12.8 Å². The predicted molar refractivity (Wildman–Crippen MR) is 105 cm³/mol. The van der Waals surface area contributed by atoms with Gasteiger partial charge in [0.05, 0.1) is 12.2 Å². The summed E-state index contributed by atoms with van der Waals surface area (Å²) in [4.78, 5) is 0. The minimum atomic E-state index is -2.77. The van der Waals surface area contributed by atoms with Crippen molar-refractivity contribution in [3.8, 4) is 0 Å². The van der Waals surface area contributed by atoms with E-state index in [1.54, 1.807) is 0 Å². The van der Waals surface area contributed by atoms with E-state index in [1.165, 1.54) is 6.92 Å². The van der Waals surface area contributed by atoms with E-state index in [2.05, 4.69) is 0 Å². The van der Waals surface area contributed by atoms with Crippen molar-refractivity contribution < 1.29 is 48.2 Å². The molecule has 2 aromatic carbocycles. The van der Waals surface area contributed by atoms with E-state index < -0.39 is 72.2 Å². The quantitative estimate of drug-likeness (QED) is 0.293. The average Bonchev–Trinajstić information content (AvgIpc) is 2.76. The lowest BCUT2D eigenvalue weighted by Gasteiger charge is -2.45. The maximum atomic E-state index is 13.7. The maximum Gasteiger partial charge on any atom is 0.159 e. The second-order valence-corrected chi connectivity index (χ2v) is 7.90. The molecule has 0 radical (unpaired) electrons. The van der Waals surface area contributed by atoms with Gasteiger partial charge in [-0.1, -0.05) is 19.1 Å². The van der Waals surface area contributed by atoms with Gasteiger partial charge in [-0.25, -0.2) is 17.6 Å². The Balaban J connectivity index is 2.48. The van der Waals surface area contributed by atoms with Gasteiger partial charge in [-0.15, -0.1) is 0 Å². The lowest BCUT2D eigenvalue weighted by atomic mass is 9.72. The zero-order chi connectivity index (χ0) is 24.3. The van der Waals surface area contributed by atoms with Crippen molar-refractivity contribution in [3.05, 3.63) is 70.8 Å². The molecular weight excluding hydrogens is 436 g/mol. The predicted octanol–water partition coefficient (Wildman–Crippen LogP) is 0.975. The van der Waals surface area contributed by atoms with Crippen molar-refractivity contribution in [1.29, 1.82) is 0 Å². The van der Waals surface area contributed by atoms with Gasteiger partial charge in [0.1, 0.15) is 23.9 Å². The van der Waals surface area contributed by atoms with E-state index in [4.69, 9.17) is 0 Å². The summed E-state index contributed by atoms with van der Waals surface area (Å²) in [5.74, 6) is -4.80. The summed E-state index contributed by atoms with van der Waals surface area (Å²) in [6.45, 7) is 0.387. The lowest BCUT2D eigenvalue weighted by molar-refractivity contribution is -0.229. The molecule has 0 aliphatic rings. The van der Waals surface area contributed by atoms with Gasteiger partial charge in [-0.3, -0.25) is 0 Å². The molecule has 1 unspecified atom stereocenters. The fourth-order valence-corrected chi connectivity index (χ4v) is 3.66. The van der Waals surface area contributed by atoms with E-state index in [0.29, 0.717) is 6.07 Å². The molecule has 10 heteroatoms. The minimum Gasteiger partial charge on any atom is -0.394 e. The molecule has 0 fully saturated rings. The third-order valence-corrected chi connectivity index (χ3v) is 5.62. The van der Waals surface area contributed by atoms with E-state index in [9.17, 15) is 48.2 Å². The Labute approximate surface area is 182 Å².